The molecule has 3 heteroatoms. The van der Waals surface area contributed by atoms with Gasteiger partial charge in [-0.3, -0.25) is 0 Å². The second-order valence-corrected chi connectivity index (χ2v) is 5.84. The highest BCUT2D eigenvalue weighted by atomic mass is 16.5. The van der Waals surface area contributed by atoms with Crippen LogP contribution in [0.2, 0.25) is 0 Å². The molecule has 2 N–H and O–H groups in total. The van der Waals surface area contributed by atoms with Crippen LogP contribution in [0, 0.1) is 11.3 Å². The highest BCUT2D eigenvalue weighted by Crippen LogP contribution is 2.47. The van der Waals surface area contributed by atoms with Crippen molar-refractivity contribution in [2.75, 3.05) is 32.8 Å². The van der Waals surface area contributed by atoms with Crippen LogP contribution in [0.4, 0.5) is 0 Å². The first-order chi connectivity index (χ1) is 8.29. The van der Waals surface area contributed by atoms with Gasteiger partial charge in [0.15, 0.2) is 0 Å². The molecule has 1 saturated heterocycles. The molecule has 17 heavy (non-hydrogen) atoms. The maximum absolute atomic E-state index is 5.59. The average Bonchev–Trinajstić information content (AvgIpc) is 2.99. The van der Waals surface area contributed by atoms with Crippen molar-refractivity contribution >= 4 is 0 Å². The predicted octanol–water partition coefficient (Wildman–Crippen LogP) is 1.78. The first-order valence-electron chi connectivity index (χ1n) is 7.31. The van der Waals surface area contributed by atoms with Gasteiger partial charge in [0.2, 0.25) is 0 Å². The van der Waals surface area contributed by atoms with Crippen molar-refractivity contribution < 1.29 is 4.74 Å². The Bertz CT molecular complexity index is 228. The SMILES string of the molecule is CCCNC1COCC1CNCC1(CC)CC1. The molecule has 1 aliphatic heterocycles. The quantitative estimate of drug-likeness (QED) is 0.678. The molecule has 1 aliphatic carbocycles. The minimum atomic E-state index is 0.569. The molecule has 0 radical (unpaired) electrons. The molecule has 1 saturated carbocycles. The van der Waals surface area contributed by atoms with Gasteiger partial charge < -0.3 is 15.4 Å². The summed E-state index contributed by atoms with van der Waals surface area (Å²) in [6.45, 7) is 9.79. The van der Waals surface area contributed by atoms with Crippen LogP contribution in [0.1, 0.15) is 39.5 Å². The summed E-state index contributed by atoms with van der Waals surface area (Å²) in [6.07, 6.45) is 5.39. The lowest BCUT2D eigenvalue weighted by atomic mass is 10.0. The van der Waals surface area contributed by atoms with Gasteiger partial charge in [-0.1, -0.05) is 13.8 Å². The molecule has 2 fully saturated rings. The minimum Gasteiger partial charge on any atom is -0.379 e. The second-order valence-electron chi connectivity index (χ2n) is 5.84. The van der Waals surface area contributed by atoms with E-state index in [2.05, 4.69) is 24.5 Å². The molecular weight excluding hydrogens is 212 g/mol. The van der Waals surface area contributed by atoms with E-state index < -0.39 is 0 Å². The van der Waals surface area contributed by atoms with Gasteiger partial charge in [0.25, 0.3) is 0 Å². The average molecular weight is 240 g/mol. The first-order valence-corrected chi connectivity index (χ1v) is 7.31. The van der Waals surface area contributed by atoms with Crippen molar-refractivity contribution in [3.05, 3.63) is 0 Å². The van der Waals surface area contributed by atoms with Gasteiger partial charge in [0.1, 0.15) is 0 Å². The number of hydrogen-bond acceptors (Lipinski definition) is 3. The van der Waals surface area contributed by atoms with Crippen LogP contribution >= 0.6 is 0 Å². The normalized spacial score (nSPS) is 30.7. The van der Waals surface area contributed by atoms with Gasteiger partial charge in [-0.15, -0.1) is 0 Å². The summed E-state index contributed by atoms with van der Waals surface area (Å²) in [5.74, 6) is 0.661. The fourth-order valence-electron chi connectivity index (χ4n) is 2.71. The van der Waals surface area contributed by atoms with Crippen LogP contribution in [0.5, 0.6) is 0 Å². The predicted molar refractivity (Wildman–Crippen MR) is 71.2 cm³/mol. The number of hydrogen-bond donors (Lipinski definition) is 2. The third-order valence-electron chi connectivity index (χ3n) is 4.47. The molecule has 0 aromatic heterocycles. The van der Waals surface area contributed by atoms with Crippen molar-refractivity contribution in [2.24, 2.45) is 11.3 Å². The van der Waals surface area contributed by atoms with Gasteiger partial charge >= 0.3 is 0 Å². The summed E-state index contributed by atoms with van der Waals surface area (Å²) in [5, 5.41) is 7.26. The molecule has 1 heterocycles. The molecular formula is C14H28N2O. The molecule has 3 nitrogen and oxygen atoms in total. The summed E-state index contributed by atoms with van der Waals surface area (Å²) in [6, 6.07) is 0.569. The van der Waals surface area contributed by atoms with Crippen LogP contribution in [0.3, 0.4) is 0 Å². The van der Waals surface area contributed by atoms with Crippen molar-refractivity contribution in [3.63, 3.8) is 0 Å². The monoisotopic (exact) mass is 240 g/mol. The molecule has 0 aromatic carbocycles. The third-order valence-corrected chi connectivity index (χ3v) is 4.47. The van der Waals surface area contributed by atoms with Gasteiger partial charge in [-0.2, -0.15) is 0 Å². The van der Waals surface area contributed by atoms with E-state index in [1.54, 1.807) is 0 Å². The summed E-state index contributed by atoms with van der Waals surface area (Å²) in [5.41, 5.74) is 0.659. The van der Waals surface area contributed by atoms with E-state index in [1.165, 1.54) is 32.2 Å². The van der Waals surface area contributed by atoms with Crippen LogP contribution in [-0.2, 0) is 4.74 Å². The smallest absolute Gasteiger partial charge is 0.0623 e. The zero-order chi connectivity index (χ0) is 12.1. The molecule has 2 unspecified atom stereocenters. The lowest BCUT2D eigenvalue weighted by Crippen LogP contribution is -2.41. The number of nitrogens with one attached hydrogen (secondary N) is 2. The summed E-state index contributed by atoms with van der Waals surface area (Å²) in [7, 11) is 0. The van der Waals surface area contributed by atoms with Crippen LogP contribution in [-0.4, -0.2) is 38.9 Å². The van der Waals surface area contributed by atoms with E-state index in [-0.39, 0.29) is 0 Å². The lowest BCUT2D eigenvalue weighted by molar-refractivity contribution is 0.182. The topological polar surface area (TPSA) is 33.3 Å². The highest BCUT2D eigenvalue weighted by Gasteiger charge is 2.40. The summed E-state index contributed by atoms with van der Waals surface area (Å²) in [4.78, 5) is 0. The standard InChI is InChI=1S/C14H28N2O/c1-3-7-16-13-10-17-9-12(13)8-15-11-14(4-2)5-6-14/h12-13,15-16H,3-11H2,1-2H3. The van der Waals surface area contributed by atoms with Crippen molar-refractivity contribution in [2.45, 2.75) is 45.6 Å². The Balaban J connectivity index is 1.63. The van der Waals surface area contributed by atoms with Gasteiger partial charge in [-0.25, -0.2) is 0 Å². The van der Waals surface area contributed by atoms with Gasteiger partial charge in [0.05, 0.1) is 13.2 Å². The van der Waals surface area contributed by atoms with E-state index >= 15 is 0 Å². The molecule has 2 rings (SSSR count). The molecule has 100 valence electrons. The molecule has 0 bridgehead atoms. The van der Waals surface area contributed by atoms with Crippen molar-refractivity contribution in [1.82, 2.24) is 10.6 Å². The van der Waals surface area contributed by atoms with Crippen molar-refractivity contribution in [1.29, 1.82) is 0 Å². The Kier molecular flexibility index (Phi) is 4.83. The summed E-state index contributed by atoms with van der Waals surface area (Å²) >= 11 is 0. The molecule has 2 aliphatic rings. The van der Waals surface area contributed by atoms with E-state index in [4.69, 9.17) is 4.74 Å². The number of rotatable bonds is 8. The van der Waals surface area contributed by atoms with E-state index in [0.29, 0.717) is 17.4 Å². The zero-order valence-electron chi connectivity index (χ0n) is 11.4. The lowest BCUT2D eigenvalue weighted by Gasteiger charge is -2.21. The summed E-state index contributed by atoms with van der Waals surface area (Å²) < 4.78 is 5.59. The van der Waals surface area contributed by atoms with Crippen LogP contribution in [0.15, 0.2) is 0 Å². The third kappa shape index (κ3) is 3.67. The Labute approximate surface area is 106 Å². The maximum atomic E-state index is 5.59. The van der Waals surface area contributed by atoms with E-state index in [1.807, 2.05) is 0 Å². The molecule has 0 amide bonds. The number of ether oxygens (including phenoxy) is 1. The highest BCUT2D eigenvalue weighted by molar-refractivity contribution is 4.94. The Morgan fingerprint density at radius 2 is 2.06 bits per heavy atom. The largest absolute Gasteiger partial charge is 0.379 e. The second kappa shape index (κ2) is 6.17. The minimum absolute atomic E-state index is 0.569. The maximum Gasteiger partial charge on any atom is 0.0623 e. The first kappa shape index (κ1) is 13.3. The van der Waals surface area contributed by atoms with Gasteiger partial charge in [-0.05, 0) is 37.6 Å². The fraction of sp³-hybridized carbons (Fsp3) is 1.00. The molecule has 0 spiro atoms. The van der Waals surface area contributed by atoms with Crippen molar-refractivity contribution in [3.8, 4) is 0 Å². The Morgan fingerprint density at radius 1 is 1.24 bits per heavy atom. The zero-order valence-corrected chi connectivity index (χ0v) is 11.4. The fourth-order valence-corrected chi connectivity index (χ4v) is 2.71. The van der Waals surface area contributed by atoms with Crippen LogP contribution < -0.4 is 10.6 Å². The van der Waals surface area contributed by atoms with E-state index in [9.17, 15) is 0 Å². The Morgan fingerprint density at radius 3 is 2.71 bits per heavy atom. The molecule has 2 atom stereocenters. The molecule has 0 aromatic rings. The van der Waals surface area contributed by atoms with Crippen LogP contribution in [0.25, 0.3) is 0 Å². The Hall–Kier alpha value is -0.120. The van der Waals surface area contributed by atoms with E-state index in [0.717, 1.165) is 26.3 Å². The van der Waals surface area contributed by atoms with Gasteiger partial charge in [0, 0.05) is 25.0 Å².